The van der Waals surface area contributed by atoms with Gasteiger partial charge in [-0.3, -0.25) is 0 Å². The smallest absolute Gasteiger partial charge is 0.159 e. The van der Waals surface area contributed by atoms with Gasteiger partial charge in [0, 0.05) is 23.5 Å². The van der Waals surface area contributed by atoms with E-state index < -0.39 is 0 Å². The summed E-state index contributed by atoms with van der Waals surface area (Å²) in [5, 5.41) is 0. The first-order valence-corrected chi connectivity index (χ1v) is 10.1. The van der Waals surface area contributed by atoms with Crippen LogP contribution in [0, 0.1) is 0 Å². The highest BCUT2D eigenvalue weighted by molar-refractivity contribution is 5.64. The summed E-state index contributed by atoms with van der Waals surface area (Å²) in [4.78, 5) is 9.09. The van der Waals surface area contributed by atoms with E-state index in [2.05, 4.69) is 29.0 Å². The molecule has 0 aliphatic carbocycles. The highest BCUT2D eigenvalue weighted by Crippen LogP contribution is 2.25. The second-order valence-electron chi connectivity index (χ2n) is 6.97. The summed E-state index contributed by atoms with van der Waals surface area (Å²) in [7, 11) is 0. The van der Waals surface area contributed by atoms with Crippen LogP contribution < -0.4 is 9.47 Å². The van der Waals surface area contributed by atoms with Crippen LogP contribution in [0.15, 0.2) is 91.3 Å². The fourth-order valence-electron chi connectivity index (χ4n) is 3.06. The third kappa shape index (κ3) is 5.03. The third-order valence-electron chi connectivity index (χ3n) is 4.65. The molecule has 0 unspecified atom stereocenters. The first-order chi connectivity index (χ1) is 14.8. The van der Waals surface area contributed by atoms with E-state index in [1.54, 1.807) is 0 Å². The molecule has 0 fully saturated rings. The minimum Gasteiger partial charge on any atom is -0.494 e. The number of benzene rings is 3. The molecule has 0 amide bonds. The molecule has 4 rings (SSSR count). The Hall–Kier alpha value is -3.66. The van der Waals surface area contributed by atoms with Crippen LogP contribution in [0.4, 0.5) is 0 Å². The molecule has 4 heteroatoms. The Morgan fingerprint density at radius 1 is 0.667 bits per heavy atom. The molecule has 0 N–H and O–H groups in total. The van der Waals surface area contributed by atoms with Crippen molar-refractivity contribution in [3.63, 3.8) is 0 Å². The van der Waals surface area contributed by atoms with Gasteiger partial charge in [-0.1, -0.05) is 61.5 Å². The fraction of sp³-hybridized carbons (Fsp3) is 0.154. The summed E-state index contributed by atoms with van der Waals surface area (Å²) in [6.07, 6.45) is 4.68. The number of hydrogen-bond donors (Lipinski definition) is 0. The average molecular weight is 396 g/mol. The molecule has 0 atom stereocenters. The second-order valence-corrected chi connectivity index (χ2v) is 6.97. The normalized spacial score (nSPS) is 10.6. The van der Waals surface area contributed by atoms with E-state index in [1.807, 2.05) is 79.1 Å². The summed E-state index contributed by atoms with van der Waals surface area (Å²) >= 11 is 0. The molecule has 4 nitrogen and oxygen atoms in total. The maximum absolute atomic E-state index is 5.86. The van der Waals surface area contributed by atoms with Gasteiger partial charge in [0.2, 0.25) is 0 Å². The monoisotopic (exact) mass is 396 g/mol. The van der Waals surface area contributed by atoms with Crippen LogP contribution in [0.3, 0.4) is 0 Å². The zero-order chi connectivity index (χ0) is 20.6. The highest BCUT2D eigenvalue weighted by atomic mass is 16.5. The van der Waals surface area contributed by atoms with Gasteiger partial charge in [-0.05, 0) is 41.8 Å². The average Bonchev–Trinajstić information content (AvgIpc) is 2.83. The highest BCUT2D eigenvalue weighted by Gasteiger charge is 2.05. The maximum atomic E-state index is 5.86. The Kier molecular flexibility index (Phi) is 6.35. The van der Waals surface area contributed by atoms with Gasteiger partial charge in [0.15, 0.2) is 5.82 Å². The van der Waals surface area contributed by atoms with Gasteiger partial charge in [-0.25, -0.2) is 9.97 Å². The van der Waals surface area contributed by atoms with Crippen molar-refractivity contribution in [2.24, 2.45) is 0 Å². The summed E-state index contributed by atoms with van der Waals surface area (Å²) in [5.74, 6) is 2.36. The molecule has 30 heavy (non-hydrogen) atoms. The molecule has 0 aliphatic rings. The number of ether oxygens (including phenoxy) is 2. The Bertz CT molecular complexity index is 1060. The van der Waals surface area contributed by atoms with Crippen LogP contribution in [-0.2, 0) is 6.61 Å². The van der Waals surface area contributed by atoms with Crippen LogP contribution >= 0.6 is 0 Å². The van der Waals surface area contributed by atoms with E-state index in [1.165, 1.54) is 0 Å². The lowest BCUT2D eigenvalue weighted by Gasteiger charge is -2.08. The van der Waals surface area contributed by atoms with Crippen molar-refractivity contribution < 1.29 is 9.47 Å². The molecule has 4 aromatic rings. The van der Waals surface area contributed by atoms with Gasteiger partial charge in [0.25, 0.3) is 0 Å². The topological polar surface area (TPSA) is 44.2 Å². The number of aromatic nitrogens is 2. The predicted molar refractivity (Wildman–Crippen MR) is 119 cm³/mol. The minimum atomic E-state index is 0.555. The van der Waals surface area contributed by atoms with Crippen LogP contribution in [0.5, 0.6) is 11.5 Å². The van der Waals surface area contributed by atoms with E-state index in [0.717, 1.165) is 40.2 Å². The van der Waals surface area contributed by atoms with Crippen molar-refractivity contribution >= 4 is 0 Å². The molecule has 150 valence electrons. The third-order valence-corrected chi connectivity index (χ3v) is 4.65. The molecule has 0 saturated heterocycles. The van der Waals surface area contributed by atoms with E-state index in [-0.39, 0.29) is 0 Å². The Morgan fingerprint density at radius 3 is 2.17 bits per heavy atom. The molecule has 1 heterocycles. The fourth-order valence-corrected chi connectivity index (χ4v) is 3.06. The Labute approximate surface area is 177 Å². The van der Waals surface area contributed by atoms with Gasteiger partial charge in [-0.15, -0.1) is 0 Å². The minimum absolute atomic E-state index is 0.555. The zero-order valence-corrected chi connectivity index (χ0v) is 17.0. The van der Waals surface area contributed by atoms with Gasteiger partial charge in [0.05, 0.1) is 6.61 Å². The molecular formula is C26H24N2O2. The van der Waals surface area contributed by atoms with Crippen molar-refractivity contribution in [3.8, 4) is 34.0 Å². The first-order valence-electron chi connectivity index (χ1n) is 10.1. The van der Waals surface area contributed by atoms with Gasteiger partial charge in [0.1, 0.15) is 18.1 Å². The van der Waals surface area contributed by atoms with Crippen LogP contribution in [-0.4, -0.2) is 16.6 Å². The molecule has 0 spiro atoms. The number of rotatable bonds is 8. The molecule has 3 aromatic carbocycles. The maximum Gasteiger partial charge on any atom is 0.159 e. The van der Waals surface area contributed by atoms with Gasteiger partial charge in [-0.2, -0.15) is 0 Å². The summed E-state index contributed by atoms with van der Waals surface area (Å²) in [6.45, 7) is 3.35. The van der Waals surface area contributed by atoms with Crippen LogP contribution in [0.1, 0.15) is 18.9 Å². The van der Waals surface area contributed by atoms with Crippen molar-refractivity contribution in [3.05, 3.63) is 96.8 Å². The van der Waals surface area contributed by atoms with Crippen molar-refractivity contribution in [1.29, 1.82) is 0 Å². The van der Waals surface area contributed by atoms with Crippen molar-refractivity contribution in [2.75, 3.05) is 6.61 Å². The van der Waals surface area contributed by atoms with E-state index in [4.69, 9.17) is 9.47 Å². The Morgan fingerprint density at radius 2 is 1.43 bits per heavy atom. The first kappa shape index (κ1) is 19.6. The summed E-state index contributed by atoms with van der Waals surface area (Å²) in [6, 6.07) is 26.0. The summed E-state index contributed by atoms with van der Waals surface area (Å²) in [5.41, 5.74) is 4.11. The molecule has 0 aliphatic heterocycles. The molecule has 0 bridgehead atoms. The van der Waals surface area contributed by atoms with Crippen molar-refractivity contribution in [2.45, 2.75) is 20.0 Å². The van der Waals surface area contributed by atoms with Gasteiger partial charge >= 0.3 is 0 Å². The molecule has 0 radical (unpaired) electrons. The summed E-state index contributed by atoms with van der Waals surface area (Å²) < 4.78 is 11.6. The second kappa shape index (κ2) is 9.70. The van der Waals surface area contributed by atoms with Crippen LogP contribution in [0.25, 0.3) is 22.5 Å². The lowest BCUT2D eigenvalue weighted by molar-refractivity contribution is 0.306. The van der Waals surface area contributed by atoms with Gasteiger partial charge < -0.3 is 9.47 Å². The zero-order valence-electron chi connectivity index (χ0n) is 17.0. The van der Waals surface area contributed by atoms with E-state index in [0.29, 0.717) is 19.0 Å². The lowest BCUT2D eigenvalue weighted by atomic mass is 10.1. The lowest BCUT2D eigenvalue weighted by Crippen LogP contribution is -1.96. The number of nitrogens with zero attached hydrogens (tertiary/aromatic N) is 2. The molecular weight excluding hydrogens is 372 g/mol. The van der Waals surface area contributed by atoms with Crippen molar-refractivity contribution in [1.82, 2.24) is 9.97 Å². The number of hydrogen-bond acceptors (Lipinski definition) is 4. The quantitative estimate of drug-likeness (QED) is 0.357. The molecule has 0 saturated carbocycles. The standard InChI is InChI=1S/C26H24N2O2/c1-2-15-29-25-10-6-9-22(16-25)26-27-17-23(18-28-26)21-11-13-24(14-12-21)30-19-20-7-4-3-5-8-20/h3-14,16-18H,2,15,19H2,1H3. The predicted octanol–water partition coefficient (Wildman–Crippen LogP) is 6.18. The van der Waals surface area contributed by atoms with E-state index in [9.17, 15) is 0 Å². The Balaban J connectivity index is 1.42. The van der Waals surface area contributed by atoms with Crippen LogP contribution in [0.2, 0.25) is 0 Å². The largest absolute Gasteiger partial charge is 0.494 e. The SMILES string of the molecule is CCCOc1cccc(-c2ncc(-c3ccc(OCc4ccccc4)cc3)cn2)c1. The van der Waals surface area contributed by atoms with E-state index >= 15 is 0 Å². The molecule has 1 aromatic heterocycles.